The average molecular weight is 1110 g/mol. The number of nitrogens with two attached hydrogens (primary N) is 1. The lowest BCUT2D eigenvalue weighted by Crippen LogP contribution is -2.47. The Kier molecular flexibility index (Phi) is 18.5. The van der Waals surface area contributed by atoms with Crippen molar-refractivity contribution in [1.82, 2.24) is 25.2 Å². The van der Waals surface area contributed by atoms with Crippen molar-refractivity contribution >= 4 is 79.4 Å². The van der Waals surface area contributed by atoms with E-state index in [0.29, 0.717) is 54.6 Å². The van der Waals surface area contributed by atoms with Gasteiger partial charge >= 0.3 is 40.8 Å². The Morgan fingerprint density at radius 1 is 0.986 bits per heavy atom. The van der Waals surface area contributed by atoms with Gasteiger partial charge in [-0.3, -0.25) is 28.2 Å². The molecule has 6 rings (SSSR count). The Bertz CT molecular complexity index is 3190. The number of imidazole rings is 1. The molecule has 1 aromatic carbocycles. The van der Waals surface area contributed by atoms with Gasteiger partial charge in [0.25, 0.3) is 21.6 Å². The highest BCUT2D eigenvalue weighted by molar-refractivity contribution is 7.85. The van der Waals surface area contributed by atoms with Gasteiger partial charge in [0, 0.05) is 73.9 Å². The summed E-state index contributed by atoms with van der Waals surface area (Å²) in [6.45, 7) is 2.24. The van der Waals surface area contributed by atoms with Crippen molar-refractivity contribution in [3.63, 3.8) is 0 Å². The second-order valence-corrected chi connectivity index (χ2v) is 22.4. The lowest BCUT2D eigenvalue weighted by Gasteiger charge is -2.23. The molecule has 0 aliphatic carbocycles. The third kappa shape index (κ3) is 16.0. The van der Waals surface area contributed by atoms with Gasteiger partial charge in [-0.1, -0.05) is 11.4 Å². The van der Waals surface area contributed by atoms with Crippen LogP contribution in [0.5, 0.6) is 0 Å². The molecule has 1 aliphatic heterocycles. The van der Waals surface area contributed by atoms with Gasteiger partial charge in [-0.2, -0.15) is 17.0 Å². The summed E-state index contributed by atoms with van der Waals surface area (Å²) >= 11 is 0. The normalized spacial score (nSPS) is 18.8. The van der Waals surface area contributed by atoms with Crippen LogP contribution in [-0.4, -0.2) is 121 Å². The van der Waals surface area contributed by atoms with Crippen LogP contribution in [-0.2, 0) is 64.8 Å². The van der Waals surface area contributed by atoms with Gasteiger partial charge in [0.15, 0.2) is 30.9 Å². The summed E-state index contributed by atoms with van der Waals surface area (Å²) in [5, 5.41) is 17.1. The zero-order valence-corrected chi connectivity index (χ0v) is 42.4. The van der Waals surface area contributed by atoms with E-state index < -0.39 is 82.0 Å². The molecule has 0 bridgehead atoms. The molecule has 34 heteroatoms. The molecule has 2 unspecified atom stereocenters. The van der Waals surface area contributed by atoms with Crippen molar-refractivity contribution in [1.29, 1.82) is 0 Å². The van der Waals surface area contributed by atoms with E-state index in [2.05, 4.69) is 34.1 Å². The van der Waals surface area contributed by atoms with E-state index in [0.717, 1.165) is 16.7 Å². The second-order valence-electron chi connectivity index (χ2n) is 16.4. The van der Waals surface area contributed by atoms with Gasteiger partial charge in [-0.15, -0.1) is 0 Å². The number of pyridine rings is 1. The number of rotatable bonds is 25. The van der Waals surface area contributed by atoms with E-state index in [-0.39, 0.29) is 54.7 Å². The molecular formula is C39H54N9O21P3S+2. The van der Waals surface area contributed by atoms with Crippen molar-refractivity contribution in [3.8, 4) is 11.1 Å². The number of aliphatic hydroxyl groups excluding tert-OH is 1. The number of hydrogen-bond donors (Lipinski definition) is 10. The molecule has 30 nitrogen and oxygen atoms in total. The Morgan fingerprint density at radius 3 is 2.38 bits per heavy atom. The van der Waals surface area contributed by atoms with Crippen molar-refractivity contribution in [2.45, 2.75) is 70.1 Å². The van der Waals surface area contributed by atoms with Crippen LogP contribution in [0, 0.1) is 0 Å². The number of aromatic nitrogens is 5. The maximum absolute atomic E-state index is 13.0. The maximum atomic E-state index is 13.0. The average Bonchev–Trinajstić information content (AvgIpc) is 3.77. The van der Waals surface area contributed by atoms with Gasteiger partial charge < -0.3 is 59.8 Å². The Labute approximate surface area is 413 Å². The van der Waals surface area contributed by atoms with Crippen LogP contribution in [0.25, 0.3) is 33.3 Å². The summed E-state index contributed by atoms with van der Waals surface area (Å²) in [5.74, 6) is -0.998. The SMILES string of the molecule is CCN(CCCCCC(=O)NCCNC(=O)O[C@H]1[C@@H](O)[C@H]([n+]2cn(C)c3c(=O)[nH]c(N)nc32)O[C@@H]1COP(=O)(O)OP(=O)(O)OP(=O)(O)O)c1ccc2cc(-c3cc[n+](CCCS(=O)(=O)O)cc3)c(=O)oc2c1. The first-order valence-electron chi connectivity index (χ1n) is 22.1. The molecule has 400 valence electrons. The number of hydrogen-bond acceptors (Lipinski definition) is 19. The van der Waals surface area contributed by atoms with Crippen molar-refractivity contribution in [2.24, 2.45) is 7.05 Å². The monoisotopic (exact) mass is 1110 g/mol. The summed E-state index contributed by atoms with van der Waals surface area (Å²) in [4.78, 5) is 96.9. The van der Waals surface area contributed by atoms with Crippen molar-refractivity contribution < 1.29 is 97.1 Å². The number of ether oxygens (including phenoxy) is 2. The first-order chi connectivity index (χ1) is 34.2. The first-order valence-corrected chi connectivity index (χ1v) is 28.2. The van der Waals surface area contributed by atoms with E-state index in [1.807, 2.05) is 19.1 Å². The van der Waals surface area contributed by atoms with E-state index in [1.165, 1.54) is 17.9 Å². The fourth-order valence-electron chi connectivity index (χ4n) is 7.72. The van der Waals surface area contributed by atoms with E-state index in [4.69, 9.17) is 38.5 Å². The van der Waals surface area contributed by atoms with Crippen LogP contribution in [0.3, 0.4) is 0 Å². The highest BCUT2D eigenvalue weighted by atomic mass is 32.2. The number of alkyl carbamates (subject to hydrolysis) is 1. The van der Waals surface area contributed by atoms with Gasteiger partial charge in [-0.25, -0.2) is 32.4 Å². The molecule has 1 fully saturated rings. The summed E-state index contributed by atoms with van der Waals surface area (Å²) < 4.78 is 99.6. The van der Waals surface area contributed by atoms with Crippen LogP contribution >= 0.6 is 23.5 Å². The van der Waals surface area contributed by atoms with Crippen molar-refractivity contribution in [2.75, 3.05) is 49.2 Å². The van der Waals surface area contributed by atoms with Gasteiger partial charge in [0.2, 0.25) is 17.7 Å². The third-order valence-electron chi connectivity index (χ3n) is 11.0. The van der Waals surface area contributed by atoms with Gasteiger partial charge in [-0.05, 0) is 38.0 Å². The zero-order chi connectivity index (χ0) is 53.5. The number of aliphatic hydroxyl groups is 1. The number of nitrogens with zero attached hydrogens (tertiary/aromatic N) is 5. The number of aromatic amines is 1. The maximum Gasteiger partial charge on any atom is 0.490 e. The van der Waals surface area contributed by atoms with Gasteiger partial charge in [0.1, 0.15) is 18.2 Å². The number of carbonyl (C=O) groups excluding carboxylic acids is 2. The van der Waals surface area contributed by atoms with Crippen LogP contribution in [0.4, 0.5) is 16.4 Å². The number of phosphoric acid groups is 3. The zero-order valence-electron chi connectivity index (χ0n) is 38.9. The molecular weight excluding hydrogens is 1060 g/mol. The molecule has 5 aromatic rings. The Hall–Kier alpha value is -5.49. The molecule has 0 saturated carbocycles. The minimum atomic E-state index is -5.91. The van der Waals surface area contributed by atoms with E-state index in [1.54, 1.807) is 41.2 Å². The molecule has 4 aromatic heterocycles. The number of aryl methyl sites for hydroxylation is 2. The first kappa shape index (κ1) is 56.8. The standard InChI is InChI=1S/C39H52N9O21P3S/c1-3-47(26-10-9-25-20-27(37(52)66-28(25)21-26)24-11-17-46(18-12-24)15-7-19-73(61,62)63)16-6-4-5-8-30(49)41-13-14-42-39(53)67-33-29(22-64-71(57,58)69-72(59,60)68-70(54,55)56)65-36(32(33)50)48-23-45(2)31-34(48)43-38(40)44-35(31)51/h9-12,17-18,20-21,23,29,32-33,36,50H,3-8,13-16,19,22H2,1-2H3,(H8-2,40,41,42,43,44,49,51,53,54,55,56,57,58,59,60,61,62,63)/p+2/t29-,32-,33-,36-/m1/s1. The molecule has 0 radical (unpaired) electrons. The summed E-state index contributed by atoms with van der Waals surface area (Å²) in [6, 6.07) is 10.7. The fourth-order valence-corrected chi connectivity index (χ4v) is 11.2. The molecule has 2 amide bonds. The number of H-pyrrole nitrogens is 1. The van der Waals surface area contributed by atoms with E-state index >= 15 is 0 Å². The van der Waals surface area contributed by atoms with Crippen LogP contribution in [0.1, 0.15) is 45.3 Å². The topological polar surface area (TPSA) is 429 Å². The summed E-state index contributed by atoms with van der Waals surface area (Å²) in [6.07, 6.45) is -1.02. The number of anilines is 2. The summed E-state index contributed by atoms with van der Waals surface area (Å²) in [5.41, 5.74) is 6.56. The number of unbranched alkanes of at least 4 members (excludes halogenated alkanes) is 2. The number of nitrogens with one attached hydrogen (secondary N) is 3. The molecule has 1 aliphatic rings. The van der Waals surface area contributed by atoms with Crippen LogP contribution in [0.2, 0.25) is 0 Å². The largest absolute Gasteiger partial charge is 0.490 e. The highest BCUT2D eigenvalue weighted by Crippen LogP contribution is 2.66. The number of benzene rings is 1. The number of nitrogen functional groups attached to an aromatic ring is 1. The second kappa shape index (κ2) is 23.8. The Morgan fingerprint density at radius 2 is 1.70 bits per heavy atom. The predicted molar refractivity (Wildman–Crippen MR) is 252 cm³/mol. The molecule has 5 heterocycles. The highest BCUT2D eigenvalue weighted by Gasteiger charge is 2.51. The minimum absolute atomic E-state index is 0.0343. The minimum Gasteiger partial charge on any atom is -0.440 e. The third-order valence-corrected chi connectivity index (χ3v) is 15.6. The van der Waals surface area contributed by atoms with Crippen LogP contribution < -0.4 is 41.6 Å². The fraction of sp³-hybridized carbons (Fsp3) is 0.462. The number of fused-ring (bicyclic) bond motifs is 2. The quantitative estimate of drug-likeness (QED) is 0.0124. The molecule has 11 N–H and O–H groups in total. The lowest BCUT2D eigenvalue weighted by atomic mass is 10.1. The predicted octanol–water partition coefficient (Wildman–Crippen LogP) is 0.370. The number of phosphoric ester groups is 1. The molecule has 6 atom stereocenters. The summed E-state index contributed by atoms with van der Waals surface area (Å²) in [7, 11) is -19.9. The molecule has 0 spiro atoms. The van der Waals surface area contributed by atoms with E-state index in [9.17, 15) is 56.2 Å². The number of carbonyl (C=O) groups is 2. The molecule has 1 saturated heterocycles. The Balaban J connectivity index is 0.962. The number of amides is 2. The van der Waals surface area contributed by atoms with Crippen LogP contribution in [0.15, 0.2) is 69.1 Å². The lowest BCUT2D eigenvalue weighted by molar-refractivity contribution is -0.745. The smallest absolute Gasteiger partial charge is 0.440 e. The van der Waals surface area contributed by atoms with Gasteiger partial charge in [0.05, 0.1) is 25.0 Å². The van der Waals surface area contributed by atoms with Crippen molar-refractivity contribution in [3.05, 3.63) is 75.9 Å². The molecule has 73 heavy (non-hydrogen) atoms.